The Labute approximate surface area is 91.7 Å². The van der Waals surface area contributed by atoms with Crippen LogP contribution >= 0.6 is 11.6 Å². The second kappa shape index (κ2) is 4.02. The third-order valence-corrected chi connectivity index (χ3v) is 2.50. The van der Waals surface area contributed by atoms with Crippen molar-refractivity contribution >= 4 is 23.4 Å². The maximum Gasteiger partial charge on any atom is 0.354 e. The molecule has 0 atom stereocenters. The minimum absolute atomic E-state index is 0.0169. The van der Waals surface area contributed by atoms with E-state index in [2.05, 4.69) is 9.97 Å². The molecule has 1 aliphatic heterocycles. The van der Waals surface area contributed by atoms with Gasteiger partial charge in [-0.3, -0.25) is 0 Å². The molecule has 80 valence electrons. The molecule has 0 saturated carbocycles. The smallest absolute Gasteiger partial charge is 0.354 e. The van der Waals surface area contributed by atoms with Crippen molar-refractivity contribution in [2.45, 2.75) is 12.8 Å². The van der Waals surface area contributed by atoms with E-state index in [1.54, 1.807) is 0 Å². The normalized spacial score (nSPS) is 15.7. The maximum atomic E-state index is 10.8. The first-order valence-electron chi connectivity index (χ1n) is 4.69. The quantitative estimate of drug-likeness (QED) is 0.775. The number of carboxylic acid groups (broad SMARTS) is 1. The Morgan fingerprint density at radius 1 is 1.40 bits per heavy atom. The number of rotatable bonds is 2. The highest BCUT2D eigenvalue weighted by molar-refractivity contribution is 6.28. The van der Waals surface area contributed by atoms with Crippen molar-refractivity contribution in [1.29, 1.82) is 0 Å². The van der Waals surface area contributed by atoms with Gasteiger partial charge in [-0.2, -0.15) is 0 Å². The van der Waals surface area contributed by atoms with Crippen molar-refractivity contribution in [3.05, 3.63) is 17.0 Å². The van der Waals surface area contributed by atoms with E-state index in [0.29, 0.717) is 5.82 Å². The maximum absolute atomic E-state index is 10.8. The van der Waals surface area contributed by atoms with Gasteiger partial charge < -0.3 is 10.0 Å². The second-order valence-corrected chi connectivity index (χ2v) is 3.72. The number of aromatic nitrogens is 2. The Morgan fingerprint density at radius 2 is 2.07 bits per heavy atom. The third-order valence-electron chi connectivity index (χ3n) is 2.33. The molecule has 2 heterocycles. The van der Waals surface area contributed by atoms with Gasteiger partial charge in [0.25, 0.3) is 0 Å². The number of carboxylic acids is 1. The van der Waals surface area contributed by atoms with Crippen LogP contribution in [0.4, 0.5) is 5.82 Å². The van der Waals surface area contributed by atoms with Crippen LogP contribution in [0, 0.1) is 0 Å². The molecule has 1 aromatic heterocycles. The van der Waals surface area contributed by atoms with Gasteiger partial charge >= 0.3 is 5.97 Å². The fourth-order valence-electron chi connectivity index (χ4n) is 1.62. The SMILES string of the molecule is O=C(O)c1cc(N2CCCC2)nc(Cl)n1. The summed E-state index contributed by atoms with van der Waals surface area (Å²) in [4.78, 5) is 20.4. The summed E-state index contributed by atoms with van der Waals surface area (Å²) in [7, 11) is 0. The topological polar surface area (TPSA) is 66.3 Å². The number of anilines is 1. The average Bonchev–Trinajstić information content (AvgIpc) is 2.69. The molecular weight excluding hydrogens is 218 g/mol. The predicted molar refractivity (Wildman–Crippen MR) is 55.4 cm³/mol. The molecule has 0 unspecified atom stereocenters. The van der Waals surface area contributed by atoms with Gasteiger partial charge in [0.2, 0.25) is 5.28 Å². The molecule has 1 N–H and O–H groups in total. The minimum atomic E-state index is -1.08. The Hall–Kier alpha value is -1.36. The van der Waals surface area contributed by atoms with Crippen molar-refractivity contribution in [3.8, 4) is 0 Å². The highest BCUT2D eigenvalue weighted by Gasteiger charge is 2.17. The summed E-state index contributed by atoms with van der Waals surface area (Å²) in [5.41, 5.74) is -0.0584. The van der Waals surface area contributed by atoms with Crippen LogP contribution in [0.1, 0.15) is 23.3 Å². The van der Waals surface area contributed by atoms with Crippen LogP contribution in [0.5, 0.6) is 0 Å². The number of halogens is 1. The molecule has 0 radical (unpaired) electrons. The lowest BCUT2D eigenvalue weighted by Crippen LogP contribution is -2.20. The first-order chi connectivity index (χ1) is 7.16. The predicted octanol–water partition coefficient (Wildman–Crippen LogP) is 1.43. The zero-order valence-electron chi connectivity index (χ0n) is 7.98. The van der Waals surface area contributed by atoms with E-state index < -0.39 is 5.97 Å². The number of hydrogen-bond acceptors (Lipinski definition) is 4. The molecular formula is C9H10ClN3O2. The average molecular weight is 228 g/mol. The second-order valence-electron chi connectivity index (χ2n) is 3.38. The molecule has 1 fully saturated rings. The molecule has 0 amide bonds. The van der Waals surface area contributed by atoms with Crippen LogP contribution in [0.3, 0.4) is 0 Å². The number of aromatic carboxylic acids is 1. The molecule has 1 aliphatic rings. The molecule has 0 bridgehead atoms. The van der Waals surface area contributed by atoms with E-state index >= 15 is 0 Å². The lowest BCUT2D eigenvalue weighted by Gasteiger charge is -2.16. The lowest BCUT2D eigenvalue weighted by molar-refractivity contribution is 0.0690. The largest absolute Gasteiger partial charge is 0.477 e. The fourth-order valence-corrected chi connectivity index (χ4v) is 1.80. The van der Waals surface area contributed by atoms with Gasteiger partial charge in [-0.25, -0.2) is 14.8 Å². The molecule has 0 spiro atoms. The van der Waals surface area contributed by atoms with Crippen molar-refractivity contribution in [1.82, 2.24) is 9.97 Å². The van der Waals surface area contributed by atoms with Crippen molar-refractivity contribution < 1.29 is 9.90 Å². The molecule has 15 heavy (non-hydrogen) atoms. The highest BCUT2D eigenvalue weighted by atomic mass is 35.5. The summed E-state index contributed by atoms with van der Waals surface area (Å²) in [6.07, 6.45) is 2.20. The molecule has 1 saturated heterocycles. The first kappa shape index (κ1) is 10.2. The first-order valence-corrected chi connectivity index (χ1v) is 5.07. The Balaban J connectivity index is 2.34. The number of hydrogen-bond donors (Lipinski definition) is 1. The highest BCUT2D eigenvalue weighted by Crippen LogP contribution is 2.19. The zero-order chi connectivity index (χ0) is 10.8. The van der Waals surface area contributed by atoms with Crippen molar-refractivity contribution in [3.63, 3.8) is 0 Å². The standard InChI is InChI=1S/C9H10ClN3O2/c10-9-11-6(8(14)15)5-7(12-9)13-3-1-2-4-13/h5H,1-4H2,(H,14,15). The van der Waals surface area contributed by atoms with E-state index in [1.807, 2.05) is 4.90 Å². The summed E-state index contributed by atoms with van der Waals surface area (Å²) in [5.74, 6) is -0.482. The van der Waals surface area contributed by atoms with Gasteiger partial charge in [0.05, 0.1) is 0 Å². The molecule has 1 aromatic rings. The monoisotopic (exact) mass is 227 g/mol. The zero-order valence-corrected chi connectivity index (χ0v) is 8.74. The molecule has 5 nitrogen and oxygen atoms in total. The summed E-state index contributed by atoms with van der Waals surface area (Å²) in [6.45, 7) is 1.79. The summed E-state index contributed by atoms with van der Waals surface area (Å²) < 4.78 is 0. The number of carbonyl (C=O) groups is 1. The van der Waals surface area contributed by atoms with Crippen LogP contribution < -0.4 is 4.90 Å². The van der Waals surface area contributed by atoms with Crippen molar-refractivity contribution in [2.24, 2.45) is 0 Å². The van der Waals surface area contributed by atoms with E-state index in [4.69, 9.17) is 16.7 Å². The fraction of sp³-hybridized carbons (Fsp3) is 0.444. The van der Waals surface area contributed by atoms with Crippen LogP contribution in [0.15, 0.2) is 6.07 Å². The minimum Gasteiger partial charge on any atom is -0.477 e. The van der Waals surface area contributed by atoms with Gasteiger partial charge in [0, 0.05) is 19.2 Å². The molecule has 6 heteroatoms. The number of nitrogens with zero attached hydrogens (tertiary/aromatic N) is 3. The van der Waals surface area contributed by atoms with Gasteiger partial charge in [-0.15, -0.1) is 0 Å². The Kier molecular flexibility index (Phi) is 2.73. The van der Waals surface area contributed by atoms with Crippen LogP contribution in [0.2, 0.25) is 5.28 Å². The Morgan fingerprint density at radius 3 is 2.67 bits per heavy atom. The van der Waals surface area contributed by atoms with E-state index in [1.165, 1.54) is 6.07 Å². The van der Waals surface area contributed by atoms with Gasteiger partial charge in [0.15, 0.2) is 5.69 Å². The van der Waals surface area contributed by atoms with Crippen LogP contribution in [-0.4, -0.2) is 34.1 Å². The Bertz CT molecular complexity index is 391. The third kappa shape index (κ3) is 2.18. The summed E-state index contributed by atoms with van der Waals surface area (Å²) in [6, 6.07) is 1.46. The molecule has 0 aliphatic carbocycles. The lowest BCUT2D eigenvalue weighted by atomic mass is 10.4. The van der Waals surface area contributed by atoms with E-state index in [0.717, 1.165) is 25.9 Å². The van der Waals surface area contributed by atoms with Gasteiger partial charge in [-0.1, -0.05) is 0 Å². The summed E-state index contributed by atoms with van der Waals surface area (Å²) >= 11 is 5.66. The molecule has 2 rings (SSSR count). The van der Waals surface area contributed by atoms with E-state index in [-0.39, 0.29) is 11.0 Å². The molecule has 0 aromatic carbocycles. The van der Waals surface area contributed by atoms with Crippen LogP contribution in [0.25, 0.3) is 0 Å². The van der Waals surface area contributed by atoms with E-state index in [9.17, 15) is 4.79 Å². The van der Waals surface area contributed by atoms with Gasteiger partial charge in [0.1, 0.15) is 5.82 Å². The summed E-state index contributed by atoms with van der Waals surface area (Å²) in [5, 5.41) is 8.79. The van der Waals surface area contributed by atoms with Crippen molar-refractivity contribution in [2.75, 3.05) is 18.0 Å². The van der Waals surface area contributed by atoms with Crippen LogP contribution in [-0.2, 0) is 0 Å². The van der Waals surface area contributed by atoms with Gasteiger partial charge in [-0.05, 0) is 24.4 Å².